The van der Waals surface area contributed by atoms with Crippen molar-refractivity contribution in [2.75, 3.05) is 11.1 Å². The van der Waals surface area contributed by atoms with Crippen LogP contribution in [0.1, 0.15) is 31.1 Å². The highest BCUT2D eigenvalue weighted by atomic mass is 32.2. The van der Waals surface area contributed by atoms with Gasteiger partial charge in [-0.1, -0.05) is 18.2 Å². The van der Waals surface area contributed by atoms with Crippen LogP contribution < -0.4 is 5.32 Å². The summed E-state index contributed by atoms with van der Waals surface area (Å²) in [7, 11) is 0. The highest BCUT2D eigenvalue weighted by Gasteiger charge is 2.28. The fraction of sp³-hybridized carbons (Fsp3) is 0.263. The van der Waals surface area contributed by atoms with Crippen LogP contribution in [0.2, 0.25) is 0 Å². The van der Waals surface area contributed by atoms with Gasteiger partial charge in [0, 0.05) is 28.7 Å². The second-order valence-corrected chi connectivity index (χ2v) is 7.14. The van der Waals surface area contributed by atoms with E-state index < -0.39 is 0 Å². The number of carbonyl (C=O) groups is 1. The van der Waals surface area contributed by atoms with Crippen LogP contribution in [-0.4, -0.2) is 16.6 Å². The van der Waals surface area contributed by atoms with Crippen molar-refractivity contribution in [1.29, 1.82) is 0 Å². The fourth-order valence-electron chi connectivity index (χ4n) is 2.53. The molecule has 1 heterocycles. The predicted octanol–water partition coefficient (Wildman–Crippen LogP) is 4.83. The molecule has 1 saturated carbocycles. The van der Waals surface area contributed by atoms with Crippen molar-refractivity contribution >= 4 is 34.5 Å². The van der Waals surface area contributed by atoms with Gasteiger partial charge in [-0.2, -0.15) is 0 Å². The lowest BCUT2D eigenvalue weighted by Gasteiger charge is -2.05. The summed E-state index contributed by atoms with van der Waals surface area (Å²) in [5, 5.41) is 2.94. The third-order valence-corrected chi connectivity index (χ3v) is 4.97. The van der Waals surface area contributed by atoms with Gasteiger partial charge in [-0.05, 0) is 43.2 Å². The molecule has 0 unspecified atom stereocenters. The first kappa shape index (κ1) is 15.3. The van der Waals surface area contributed by atoms with Crippen molar-refractivity contribution in [3.8, 4) is 0 Å². The van der Waals surface area contributed by atoms with Crippen LogP contribution in [0.25, 0.3) is 11.1 Å². The van der Waals surface area contributed by atoms with Crippen LogP contribution in [0.3, 0.4) is 0 Å². The first-order valence-electron chi connectivity index (χ1n) is 8.16. The van der Waals surface area contributed by atoms with E-state index in [1.165, 1.54) is 4.90 Å². The molecule has 3 aromatic rings. The molecule has 1 aliphatic rings. The molecule has 2 aromatic carbocycles. The van der Waals surface area contributed by atoms with Crippen LogP contribution in [0.15, 0.2) is 57.8 Å². The van der Waals surface area contributed by atoms with E-state index in [1.807, 2.05) is 36.4 Å². The Bertz CT molecular complexity index is 856. The molecule has 0 aliphatic heterocycles. The number of amides is 1. The smallest absolute Gasteiger partial charge is 0.225 e. The van der Waals surface area contributed by atoms with E-state index in [2.05, 4.69) is 22.4 Å². The molecule has 4 nitrogen and oxygen atoms in total. The Kier molecular flexibility index (Phi) is 4.26. The summed E-state index contributed by atoms with van der Waals surface area (Å²) >= 11 is 1.69. The zero-order valence-electron chi connectivity index (χ0n) is 13.2. The summed E-state index contributed by atoms with van der Waals surface area (Å²) in [5.74, 6) is 2.09. The number of hydrogen-bond acceptors (Lipinski definition) is 4. The van der Waals surface area contributed by atoms with E-state index >= 15 is 0 Å². The van der Waals surface area contributed by atoms with Crippen molar-refractivity contribution in [2.24, 2.45) is 0 Å². The lowest BCUT2D eigenvalue weighted by Crippen LogP contribution is -2.12. The number of anilines is 1. The molecule has 5 heteroatoms. The predicted molar refractivity (Wildman–Crippen MR) is 96.4 cm³/mol. The zero-order chi connectivity index (χ0) is 16.4. The Morgan fingerprint density at radius 3 is 2.83 bits per heavy atom. The molecule has 0 saturated heterocycles. The van der Waals surface area contributed by atoms with Gasteiger partial charge in [-0.25, -0.2) is 4.98 Å². The Morgan fingerprint density at radius 2 is 2.04 bits per heavy atom. The average Bonchev–Trinajstić information content (AvgIpc) is 3.35. The van der Waals surface area contributed by atoms with Crippen LogP contribution >= 0.6 is 11.8 Å². The Morgan fingerprint density at radius 1 is 1.21 bits per heavy atom. The van der Waals surface area contributed by atoms with E-state index in [4.69, 9.17) is 4.42 Å². The number of oxazole rings is 1. The van der Waals surface area contributed by atoms with Crippen molar-refractivity contribution in [2.45, 2.75) is 30.1 Å². The van der Waals surface area contributed by atoms with E-state index in [9.17, 15) is 4.79 Å². The fourth-order valence-corrected chi connectivity index (χ4v) is 3.40. The average molecular weight is 338 g/mol. The molecule has 4 rings (SSSR count). The monoisotopic (exact) mass is 338 g/mol. The standard InChI is InChI=1S/C19H18N2O2S/c22-18(10-11-24-15-4-2-1-3-5-15)20-14-8-9-17-16(12-14)21-19(23-17)13-6-7-13/h1-5,8-9,12-13H,6-7,10-11H2,(H,20,22). The van der Waals surface area contributed by atoms with Crippen LogP contribution in [-0.2, 0) is 4.79 Å². The summed E-state index contributed by atoms with van der Waals surface area (Å²) in [6, 6.07) is 15.7. The summed E-state index contributed by atoms with van der Waals surface area (Å²) < 4.78 is 5.74. The second kappa shape index (κ2) is 6.69. The van der Waals surface area contributed by atoms with Crippen LogP contribution in [0.5, 0.6) is 0 Å². The first-order chi connectivity index (χ1) is 11.8. The first-order valence-corrected chi connectivity index (χ1v) is 9.15. The van der Waals surface area contributed by atoms with Gasteiger partial charge in [-0.3, -0.25) is 4.79 Å². The van der Waals surface area contributed by atoms with Crippen molar-refractivity contribution < 1.29 is 9.21 Å². The lowest BCUT2D eigenvalue weighted by molar-refractivity contribution is -0.115. The summed E-state index contributed by atoms with van der Waals surface area (Å²) in [4.78, 5) is 17.8. The third kappa shape index (κ3) is 3.62. The summed E-state index contributed by atoms with van der Waals surface area (Å²) in [6.45, 7) is 0. The summed E-state index contributed by atoms with van der Waals surface area (Å²) in [5.41, 5.74) is 2.37. The van der Waals surface area contributed by atoms with Gasteiger partial charge in [0.05, 0.1) is 0 Å². The van der Waals surface area contributed by atoms with Crippen molar-refractivity contribution in [3.05, 3.63) is 54.4 Å². The molecular weight excluding hydrogens is 320 g/mol. The molecule has 24 heavy (non-hydrogen) atoms. The highest BCUT2D eigenvalue weighted by Crippen LogP contribution is 2.40. The molecule has 122 valence electrons. The molecule has 0 spiro atoms. The lowest BCUT2D eigenvalue weighted by atomic mass is 10.3. The van der Waals surface area contributed by atoms with Gasteiger partial charge in [0.2, 0.25) is 5.91 Å². The number of hydrogen-bond donors (Lipinski definition) is 1. The molecule has 0 bridgehead atoms. The largest absolute Gasteiger partial charge is 0.440 e. The number of carbonyl (C=O) groups excluding carboxylic acids is 1. The maximum atomic E-state index is 12.1. The molecule has 1 N–H and O–H groups in total. The third-order valence-electron chi connectivity index (χ3n) is 3.96. The number of nitrogens with one attached hydrogen (secondary N) is 1. The Labute approximate surface area is 144 Å². The van der Waals surface area contributed by atoms with E-state index in [1.54, 1.807) is 11.8 Å². The number of benzene rings is 2. The minimum Gasteiger partial charge on any atom is -0.440 e. The molecule has 1 aliphatic carbocycles. The molecule has 1 amide bonds. The Hall–Kier alpha value is -2.27. The summed E-state index contributed by atoms with van der Waals surface area (Å²) in [6.07, 6.45) is 2.80. The Balaban J connectivity index is 1.34. The zero-order valence-corrected chi connectivity index (χ0v) is 14.0. The maximum Gasteiger partial charge on any atom is 0.225 e. The highest BCUT2D eigenvalue weighted by molar-refractivity contribution is 7.99. The number of fused-ring (bicyclic) bond motifs is 1. The maximum absolute atomic E-state index is 12.1. The number of aromatic nitrogens is 1. The minimum atomic E-state index is 0.0173. The number of nitrogens with zero attached hydrogens (tertiary/aromatic N) is 1. The minimum absolute atomic E-state index is 0.0173. The van der Waals surface area contributed by atoms with Gasteiger partial charge in [0.25, 0.3) is 0 Å². The van der Waals surface area contributed by atoms with Crippen molar-refractivity contribution in [1.82, 2.24) is 4.98 Å². The van der Waals surface area contributed by atoms with Crippen molar-refractivity contribution in [3.63, 3.8) is 0 Å². The van der Waals surface area contributed by atoms with E-state index in [-0.39, 0.29) is 5.91 Å². The van der Waals surface area contributed by atoms with Gasteiger partial charge in [0.15, 0.2) is 11.5 Å². The van der Waals surface area contributed by atoms with Gasteiger partial charge < -0.3 is 9.73 Å². The molecule has 0 atom stereocenters. The van der Waals surface area contributed by atoms with Crippen LogP contribution in [0, 0.1) is 0 Å². The molecular formula is C19H18N2O2S. The topological polar surface area (TPSA) is 55.1 Å². The normalized spacial score (nSPS) is 14.0. The number of thioether (sulfide) groups is 1. The number of rotatable bonds is 6. The molecule has 1 fully saturated rings. The van der Waals surface area contributed by atoms with Crippen LogP contribution in [0.4, 0.5) is 5.69 Å². The second-order valence-electron chi connectivity index (χ2n) is 5.97. The van der Waals surface area contributed by atoms with Gasteiger partial charge in [0.1, 0.15) is 5.52 Å². The van der Waals surface area contributed by atoms with E-state index in [0.29, 0.717) is 12.3 Å². The van der Waals surface area contributed by atoms with E-state index in [0.717, 1.165) is 41.3 Å². The van der Waals surface area contributed by atoms with Gasteiger partial charge >= 0.3 is 0 Å². The molecule has 0 radical (unpaired) electrons. The SMILES string of the molecule is O=C(CCSc1ccccc1)Nc1ccc2oc(C3CC3)nc2c1. The molecule has 1 aromatic heterocycles. The van der Waals surface area contributed by atoms with Gasteiger partial charge in [-0.15, -0.1) is 11.8 Å². The quantitative estimate of drug-likeness (QED) is 0.654.